The Morgan fingerprint density at radius 1 is 1.18 bits per heavy atom. The SMILES string of the molecule is CO[C@]12CC[C@@H](N(CC(C)C)C(=O)c3ccccc3)C[C@]1(c1cccc(O)c1)CCN(C)C2. The number of likely N-dealkylation sites (N-methyl/N-ethyl adjacent to an activating group) is 1. The van der Waals surface area contributed by atoms with E-state index in [0.717, 1.165) is 56.4 Å². The third-order valence-corrected chi connectivity index (χ3v) is 7.86. The Kier molecular flexibility index (Phi) is 6.83. The van der Waals surface area contributed by atoms with Crippen molar-refractivity contribution in [3.8, 4) is 5.75 Å². The van der Waals surface area contributed by atoms with Gasteiger partial charge in [0.25, 0.3) is 5.91 Å². The first-order chi connectivity index (χ1) is 15.8. The summed E-state index contributed by atoms with van der Waals surface area (Å²) < 4.78 is 6.38. The molecule has 1 N–H and O–H groups in total. The highest BCUT2D eigenvalue weighted by atomic mass is 16.5. The van der Waals surface area contributed by atoms with Gasteiger partial charge in [-0.2, -0.15) is 0 Å². The highest BCUT2D eigenvalue weighted by molar-refractivity contribution is 5.94. The number of rotatable bonds is 6. The third-order valence-electron chi connectivity index (χ3n) is 7.86. The monoisotopic (exact) mass is 450 g/mol. The minimum atomic E-state index is -0.344. The van der Waals surface area contributed by atoms with Crippen molar-refractivity contribution in [1.82, 2.24) is 9.80 Å². The summed E-state index contributed by atoms with van der Waals surface area (Å²) in [6.45, 7) is 6.89. The molecule has 1 heterocycles. The van der Waals surface area contributed by atoms with Crippen LogP contribution in [-0.4, -0.2) is 66.2 Å². The fourth-order valence-corrected chi connectivity index (χ4v) is 6.28. The number of phenolic OH excluding ortho intramolecular Hbond substituents is 1. The van der Waals surface area contributed by atoms with Crippen LogP contribution in [0.4, 0.5) is 0 Å². The van der Waals surface area contributed by atoms with Gasteiger partial charge in [-0.1, -0.05) is 44.2 Å². The molecule has 1 aliphatic heterocycles. The van der Waals surface area contributed by atoms with Crippen LogP contribution in [0.5, 0.6) is 5.75 Å². The van der Waals surface area contributed by atoms with E-state index < -0.39 is 0 Å². The van der Waals surface area contributed by atoms with Crippen molar-refractivity contribution >= 4 is 5.91 Å². The number of piperidine rings is 1. The molecule has 1 aliphatic carbocycles. The maximum absolute atomic E-state index is 13.7. The number of methoxy groups -OCH3 is 1. The molecule has 0 radical (unpaired) electrons. The Balaban J connectivity index is 1.76. The van der Waals surface area contributed by atoms with Crippen LogP contribution in [0.2, 0.25) is 0 Å². The lowest BCUT2D eigenvalue weighted by Crippen LogP contribution is -2.67. The molecule has 0 unspecified atom stereocenters. The summed E-state index contributed by atoms with van der Waals surface area (Å²) in [5.74, 6) is 0.770. The predicted molar refractivity (Wildman–Crippen MR) is 132 cm³/mol. The maximum Gasteiger partial charge on any atom is 0.254 e. The van der Waals surface area contributed by atoms with Gasteiger partial charge in [-0.05, 0) is 75.0 Å². The van der Waals surface area contributed by atoms with Crippen LogP contribution in [0, 0.1) is 5.92 Å². The molecule has 2 aliphatic rings. The lowest BCUT2D eigenvalue weighted by molar-refractivity contribution is -0.150. The molecular formula is C28H38N2O3. The van der Waals surface area contributed by atoms with Gasteiger partial charge in [-0.3, -0.25) is 4.79 Å². The molecule has 2 aromatic carbocycles. The quantitative estimate of drug-likeness (QED) is 0.693. The number of carbonyl (C=O) groups excluding carboxylic acids is 1. The number of aromatic hydroxyl groups is 1. The molecule has 2 fully saturated rings. The highest BCUT2D eigenvalue weighted by Crippen LogP contribution is 2.54. The van der Waals surface area contributed by atoms with E-state index in [9.17, 15) is 9.90 Å². The van der Waals surface area contributed by atoms with Crippen LogP contribution < -0.4 is 0 Å². The van der Waals surface area contributed by atoms with E-state index in [4.69, 9.17) is 4.74 Å². The zero-order valence-electron chi connectivity index (χ0n) is 20.5. The molecule has 1 saturated carbocycles. The van der Waals surface area contributed by atoms with Crippen molar-refractivity contribution in [2.45, 2.75) is 56.6 Å². The normalized spacial score (nSPS) is 27.8. The number of phenols is 1. The van der Waals surface area contributed by atoms with E-state index in [1.807, 2.05) is 49.6 Å². The number of ether oxygens (including phenoxy) is 1. The van der Waals surface area contributed by atoms with Crippen LogP contribution in [0.15, 0.2) is 54.6 Å². The van der Waals surface area contributed by atoms with Crippen molar-refractivity contribution in [1.29, 1.82) is 0 Å². The fraction of sp³-hybridized carbons (Fsp3) is 0.536. The van der Waals surface area contributed by atoms with Crippen LogP contribution >= 0.6 is 0 Å². The maximum atomic E-state index is 13.7. The minimum absolute atomic E-state index is 0.109. The Morgan fingerprint density at radius 3 is 2.61 bits per heavy atom. The molecule has 0 bridgehead atoms. The van der Waals surface area contributed by atoms with Crippen LogP contribution in [0.3, 0.4) is 0 Å². The van der Waals surface area contributed by atoms with Gasteiger partial charge in [0.2, 0.25) is 0 Å². The summed E-state index contributed by atoms with van der Waals surface area (Å²) in [7, 11) is 3.99. The van der Waals surface area contributed by atoms with Gasteiger partial charge in [0.15, 0.2) is 0 Å². The lowest BCUT2D eigenvalue weighted by atomic mass is 9.55. The second-order valence-electron chi connectivity index (χ2n) is 10.4. The largest absolute Gasteiger partial charge is 0.508 e. The van der Waals surface area contributed by atoms with Gasteiger partial charge in [0.1, 0.15) is 5.75 Å². The van der Waals surface area contributed by atoms with E-state index in [-0.39, 0.29) is 28.7 Å². The molecule has 0 spiro atoms. The topological polar surface area (TPSA) is 53.0 Å². The van der Waals surface area contributed by atoms with E-state index in [1.165, 1.54) is 0 Å². The third kappa shape index (κ3) is 4.41. The first-order valence-corrected chi connectivity index (χ1v) is 12.2. The molecule has 178 valence electrons. The molecule has 5 heteroatoms. The van der Waals surface area contributed by atoms with Crippen molar-refractivity contribution in [3.05, 3.63) is 65.7 Å². The number of fused-ring (bicyclic) bond motifs is 1. The average molecular weight is 451 g/mol. The van der Waals surface area contributed by atoms with Crippen LogP contribution in [-0.2, 0) is 10.2 Å². The number of hydrogen-bond acceptors (Lipinski definition) is 4. The number of amides is 1. The molecule has 3 atom stereocenters. The van der Waals surface area contributed by atoms with E-state index in [1.54, 1.807) is 6.07 Å². The van der Waals surface area contributed by atoms with Crippen molar-refractivity contribution < 1.29 is 14.6 Å². The number of nitrogens with zero attached hydrogens (tertiary/aromatic N) is 2. The molecule has 1 amide bonds. The van der Waals surface area contributed by atoms with Gasteiger partial charge in [0.05, 0.1) is 5.60 Å². The molecule has 0 aromatic heterocycles. The predicted octanol–water partition coefficient (Wildman–Crippen LogP) is 4.70. The van der Waals surface area contributed by atoms with Gasteiger partial charge >= 0.3 is 0 Å². The zero-order valence-corrected chi connectivity index (χ0v) is 20.5. The smallest absolute Gasteiger partial charge is 0.254 e. The first-order valence-electron chi connectivity index (χ1n) is 12.2. The van der Waals surface area contributed by atoms with Crippen molar-refractivity contribution in [2.75, 3.05) is 33.8 Å². The number of carbonyl (C=O) groups is 1. The number of likely N-dealkylation sites (tertiary alicyclic amines) is 1. The first kappa shape index (κ1) is 23.8. The summed E-state index contributed by atoms with van der Waals surface area (Å²) in [4.78, 5) is 18.1. The van der Waals surface area contributed by atoms with Crippen LogP contribution in [0.25, 0.3) is 0 Å². The van der Waals surface area contributed by atoms with Gasteiger partial charge in [-0.15, -0.1) is 0 Å². The van der Waals surface area contributed by atoms with E-state index >= 15 is 0 Å². The molecule has 5 nitrogen and oxygen atoms in total. The summed E-state index contributed by atoms with van der Waals surface area (Å²) in [6, 6.07) is 17.5. The zero-order chi connectivity index (χ0) is 23.6. The van der Waals surface area contributed by atoms with Crippen molar-refractivity contribution in [2.24, 2.45) is 5.92 Å². The van der Waals surface area contributed by atoms with Gasteiger partial charge in [0, 0.05) is 37.2 Å². The second kappa shape index (κ2) is 9.47. The molecular weight excluding hydrogens is 412 g/mol. The summed E-state index contributed by atoms with van der Waals surface area (Å²) in [5, 5.41) is 10.4. The molecule has 2 aromatic rings. The number of hydrogen-bond donors (Lipinski definition) is 1. The molecule has 4 rings (SSSR count). The Labute approximate surface area is 198 Å². The Hall–Kier alpha value is -2.37. The van der Waals surface area contributed by atoms with E-state index in [2.05, 4.69) is 36.8 Å². The number of benzene rings is 2. The average Bonchev–Trinajstić information content (AvgIpc) is 2.82. The fourth-order valence-electron chi connectivity index (χ4n) is 6.28. The summed E-state index contributed by atoms with van der Waals surface area (Å²) in [6.07, 6.45) is 3.56. The summed E-state index contributed by atoms with van der Waals surface area (Å²) in [5.41, 5.74) is 1.27. The van der Waals surface area contributed by atoms with E-state index in [0.29, 0.717) is 5.92 Å². The highest BCUT2D eigenvalue weighted by Gasteiger charge is 2.59. The standard InChI is InChI=1S/C28H38N2O3/c1-21(2)19-30(26(32)22-9-6-5-7-10-22)24-13-14-28(33-4)20-29(3)16-15-27(28,18-24)23-11-8-12-25(31)17-23/h5-12,17,21,24,31H,13-16,18-20H2,1-4H3/t24-,27+,28+/m1/s1. The Bertz CT molecular complexity index is 963. The summed E-state index contributed by atoms with van der Waals surface area (Å²) >= 11 is 0. The Morgan fingerprint density at radius 2 is 1.94 bits per heavy atom. The second-order valence-corrected chi connectivity index (χ2v) is 10.4. The molecule has 1 saturated heterocycles. The van der Waals surface area contributed by atoms with Gasteiger partial charge < -0.3 is 19.6 Å². The lowest BCUT2D eigenvalue weighted by Gasteiger charge is -2.60. The molecule has 33 heavy (non-hydrogen) atoms. The van der Waals surface area contributed by atoms with Crippen LogP contribution in [0.1, 0.15) is 55.5 Å². The van der Waals surface area contributed by atoms with Gasteiger partial charge in [-0.25, -0.2) is 0 Å². The van der Waals surface area contributed by atoms with Crippen molar-refractivity contribution in [3.63, 3.8) is 0 Å². The minimum Gasteiger partial charge on any atom is -0.508 e.